The summed E-state index contributed by atoms with van der Waals surface area (Å²) in [6.45, 7) is 1.97. The van der Waals surface area contributed by atoms with Crippen molar-refractivity contribution < 1.29 is 17.2 Å². The van der Waals surface area contributed by atoms with Crippen LogP contribution in [0.3, 0.4) is 0 Å². The van der Waals surface area contributed by atoms with Crippen molar-refractivity contribution in [3.8, 4) is 0 Å². The van der Waals surface area contributed by atoms with Gasteiger partial charge < -0.3 is 9.32 Å². The lowest BCUT2D eigenvalue weighted by Gasteiger charge is -2.14. The number of fused-ring (bicyclic) bond motifs is 1. The van der Waals surface area contributed by atoms with Gasteiger partial charge in [0.15, 0.2) is 5.58 Å². The van der Waals surface area contributed by atoms with Crippen molar-refractivity contribution in [1.29, 1.82) is 0 Å². The first kappa shape index (κ1) is 19.1. The first-order valence-electron chi connectivity index (χ1n) is 8.14. The fourth-order valence-corrected chi connectivity index (χ4v) is 4.00. The van der Waals surface area contributed by atoms with Crippen LogP contribution >= 0.6 is 0 Å². The Kier molecular flexibility index (Phi) is 4.83. The molecule has 1 aromatic heterocycles. The van der Waals surface area contributed by atoms with Crippen molar-refractivity contribution in [3.05, 3.63) is 57.8 Å². The summed E-state index contributed by atoms with van der Waals surface area (Å²) in [6, 6.07) is 6.78. The number of benzene rings is 2. The zero-order chi connectivity index (χ0) is 19.9. The fourth-order valence-electron chi connectivity index (χ4n) is 2.89. The molecule has 1 N–H and O–H groups in total. The van der Waals surface area contributed by atoms with Crippen molar-refractivity contribution in [1.82, 2.24) is 9.47 Å². The van der Waals surface area contributed by atoms with Crippen molar-refractivity contribution >= 4 is 26.8 Å². The summed E-state index contributed by atoms with van der Waals surface area (Å²) >= 11 is 0. The quantitative estimate of drug-likeness (QED) is 0.720. The van der Waals surface area contributed by atoms with Crippen molar-refractivity contribution in [2.24, 2.45) is 7.05 Å². The molecule has 0 aliphatic rings. The Morgan fingerprint density at radius 1 is 1.22 bits per heavy atom. The Bertz CT molecular complexity index is 1180. The van der Waals surface area contributed by atoms with Crippen molar-refractivity contribution in [3.63, 3.8) is 0 Å². The molecule has 0 bridgehead atoms. The van der Waals surface area contributed by atoms with E-state index >= 15 is 0 Å². The van der Waals surface area contributed by atoms with Gasteiger partial charge in [-0.15, -0.1) is 0 Å². The lowest BCUT2D eigenvalue weighted by Crippen LogP contribution is -2.16. The molecule has 0 atom stereocenters. The van der Waals surface area contributed by atoms with Gasteiger partial charge in [0.25, 0.3) is 10.0 Å². The maximum absolute atomic E-state index is 13.4. The number of hydrogen-bond donors (Lipinski definition) is 1. The highest BCUT2D eigenvalue weighted by Crippen LogP contribution is 2.26. The number of nitrogens with zero attached hydrogens (tertiary/aromatic N) is 2. The average Bonchev–Trinajstić information content (AvgIpc) is 2.85. The van der Waals surface area contributed by atoms with Crippen molar-refractivity contribution in [2.75, 3.05) is 18.8 Å². The SMILES string of the molecule is Cc1cc(NS(=O)(=O)c2cc(CN(C)C)c3c(c2)oc(=O)n3C)ccc1F. The molecular weight excluding hydrogens is 373 g/mol. The molecular formula is C18H20FN3O4S. The number of halogens is 1. The van der Waals surface area contributed by atoms with Gasteiger partial charge in [0.2, 0.25) is 0 Å². The van der Waals surface area contributed by atoms with Crippen LogP contribution < -0.4 is 10.5 Å². The summed E-state index contributed by atoms with van der Waals surface area (Å²) in [5, 5.41) is 0. The second-order valence-electron chi connectivity index (χ2n) is 6.66. The summed E-state index contributed by atoms with van der Waals surface area (Å²) in [6.07, 6.45) is 0. The fraction of sp³-hybridized carbons (Fsp3) is 0.278. The van der Waals surface area contributed by atoms with Gasteiger partial charge in [-0.1, -0.05) is 0 Å². The predicted octanol–water partition coefficient (Wildman–Crippen LogP) is 2.44. The summed E-state index contributed by atoms with van der Waals surface area (Å²) in [4.78, 5) is 13.7. The first-order valence-corrected chi connectivity index (χ1v) is 9.63. The predicted molar refractivity (Wildman–Crippen MR) is 101 cm³/mol. The molecule has 0 aliphatic carbocycles. The van der Waals surface area contributed by atoms with Crippen LogP contribution in [0.2, 0.25) is 0 Å². The highest BCUT2D eigenvalue weighted by Gasteiger charge is 2.21. The third kappa shape index (κ3) is 3.74. The Labute approximate surface area is 156 Å². The van der Waals surface area contributed by atoms with Gasteiger partial charge in [0.1, 0.15) is 5.82 Å². The number of rotatable bonds is 5. The van der Waals surface area contributed by atoms with Gasteiger partial charge in [-0.05, 0) is 56.4 Å². The number of oxazole rings is 1. The van der Waals surface area contributed by atoms with E-state index in [4.69, 9.17) is 4.42 Å². The standard InChI is InChI=1S/C18H20FN3O4S/c1-11-7-13(5-6-15(11)19)20-27(24,25)14-8-12(10-21(2)3)17-16(9-14)26-18(23)22(17)4/h5-9,20H,10H2,1-4H3. The third-order valence-corrected chi connectivity index (χ3v) is 5.50. The van der Waals surface area contributed by atoms with Crippen LogP contribution in [-0.2, 0) is 23.6 Å². The maximum Gasteiger partial charge on any atom is 0.419 e. The molecule has 7 nitrogen and oxygen atoms in total. The zero-order valence-electron chi connectivity index (χ0n) is 15.4. The van der Waals surface area contributed by atoms with Crippen LogP contribution in [0.25, 0.3) is 11.1 Å². The second-order valence-corrected chi connectivity index (χ2v) is 8.35. The molecule has 3 rings (SSSR count). The molecule has 0 saturated carbocycles. The molecule has 144 valence electrons. The highest BCUT2D eigenvalue weighted by atomic mass is 32.2. The van der Waals surface area contributed by atoms with Gasteiger partial charge >= 0.3 is 5.76 Å². The maximum atomic E-state index is 13.4. The average molecular weight is 393 g/mol. The lowest BCUT2D eigenvalue weighted by atomic mass is 10.2. The molecule has 9 heteroatoms. The van der Waals surface area contributed by atoms with E-state index in [9.17, 15) is 17.6 Å². The van der Waals surface area contributed by atoms with Crippen LogP contribution in [0.1, 0.15) is 11.1 Å². The van der Waals surface area contributed by atoms with Gasteiger partial charge in [-0.3, -0.25) is 9.29 Å². The van der Waals surface area contributed by atoms with Gasteiger partial charge in [-0.2, -0.15) is 0 Å². The molecule has 2 aromatic carbocycles. The smallest absolute Gasteiger partial charge is 0.408 e. The zero-order valence-corrected chi connectivity index (χ0v) is 16.2. The molecule has 0 amide bonds. The monoisotopic (exact) mass is 393 g/mol. The lowest BCUT2D eigenvalue weighted by molar-refractivity contribution is 0.403. The molecule has 0 spiro atoms. The van der Waals surface area contributed by atoms with Gasteiger partial charge in [-0.25, -0.2) is 17.6 Å². The van der Waals surface area contributed by atoms with Crippen LogP contribution in [0.15, 0.2) is 44.4 Å². The van der Waals surface area contributed by atoms with E-state index in [0.717, 1.165) is 0 Å². The van der Waals surface area contributed by atoms with E-state index in [1.807, 2.05) is 19.0 Å². The molecule has 0 radical (unpaired) electrons. The van der Waals surface area contributed by atoms with E-state index in [0.29, 0.717) is 23.2 Å². The summed E-state index contributed by atoms with van der Waals surface area (Å²) in [5.74, 6) is -0.986. The largest absolute Gasteiger partial charge is 0.419 e. The molecule has 0 fully saturated rings. The van der Waals surface area contributed by atoms with Crippen molar-refractivity contribution in [2.45, 2.75) is 18.4 Å². The molecule has 0 aliphatic heterocycles. The first-order chi connectivity index (χ1) is 12.6. The Morgan fingerprint density at radius 2 is 1.93 bits per heavy atom. The van der Waals surface area contributed by atoms with Gasteiger partial charge in [0.05, 0.1) is 10.4 Å². The van der Waals surface area contributed by atoms with Crippen LogP contribution in [-0.4, -0.2) is 32.0 Å². The Balaban J connectivity index is 2.11. The molecule has 1 heterocycles. The van der Waals surface area contributed by atoms with Crippen LogP contribution in [0.4, 0.5) is 10.1 Å². The number of hydrogen-bond acceptors (Lipinski definition) is 5. The molecule has 3 aromatic rings. The number of aryl methyl sites for hydroxylation is 2. The van der Waals surface area contributed by atoms with E-state index in [-0.39, 0.29) is 16.2 Å². The van der Waals surface area contributed by atoms with Crippen LogP contribution in [0.5, 0.6) is 0 Å². The Morgan fingerprint density at radius 3 is 2.56 bits per heavy atom. The minimum absolute atomic E-state index is 0.0387. The minimum Gasteiger partial charge on any atom is -0.408 e. The van der Waals surface area contributed by atoms with E-state index in [1.54, 1.807) is 14.0 Å². The van der Waals surface area contributed by atoms with Gasteiger partial charge in [0, 0.05) is 25.3 Å². The Hall–Kier alpha value is -2.65. The summed E-state index contributed by atoms with van der Waals surface area (Å²) in [7, 11) is 1.29. The molecule has 0 unspecified atom stereocenters. The number of sulfonamides is 1. The van der Waals surface area contributed by atoms with Crippen LogP contribution in [0, 0.1) is 12.7 Å². The molecule has 27 heavy (non-hydrogen) atoms. The summed E-state index contributed by atoms with van der Waals surface area (Å²) < 4.78 is 48.0. The number of aromatic nitrogens is 1. The van der Waals surface area contributed by atoms with E-state index < -0.39 is 21.6 Å². The normalized spacial score (nSPS) is 12.1. The third-order valence-electron chi connectivity index (χ3n) is 4.14. The number of nitrogens with one attached hydrogen (secondary N) is 1. The van der Waals surface area contributed by atoms with E-state index in [1.165, 1.54) is 34.9 Å². The minimum atomic E-state index is -3.96. The number of anilines is 1. The topological polar surface area (TPSA) is 84.6 Å². The molecule has 0 saturated heterocycles. The highest BCUT2D eigenvalue weighted by molar-refractivity contribution is 7.92. The van der Waals surface area contributed by atoms with E-state index in [2.05, 4.69) is 4.72 Å². The summed E-state index contributed by atoms with van der Waals surface area (Å²) in [5.41, 5.74) is 1.95. The second kappa shape index (κ2) is 6.82.